The molecule has 2 aromatic carbocycles. The summed E-state index contributed by atoms with van der Waals surface area (Å²) in [7, 11) is -2.51. The summed E-state index contributed by atoms with van der Waals surface area (Å²) in [5.41, 5.74) is 0.225. The van der Waals surface area contributed by atoms with E-state index in [9.17, 15) is 22.0 Å². The zero-order chi connectivity index (χ0) is 21.2. The molecule has 1 N–H and O–H groups in total. The summed E-state index contributed by atoms with van der Waals surface area (Å²) < 4.78 is 60.3. The summed E-state index contributed by atoms with van der Waals surface area (Å²) in [6.45, 7) is 1.94. The van der Waals surface area contributed by atoms with E-state index in [0.717, 1.165) is 17.7 Å². The highest BCUT2D eigenvalue weighted by atomic mass is 32.2. The molecule has 1 saturated heterocycles. The molecule has 1 fully saturated rings. The predicted molar refractivity (Wildman–Crippen MR) is 104 cm³/mol. The van der Waals surface area contributed by atoms with E-state index in [-0.39, 0.29) is 23.7 Å². The van der Waals surface area contributed by atoms with Crippen molar-refractivity contribution in [2.45, 2.75) is 24.7 Å². The maximum Gasteiger partial charge on any atom is 0.246 e. The molecule has 1 aliphatic rings. The number of hydrogen-bond acceptors (Lipinski definition) is 4. The molecule has 29 heavy (non-hydrogen) atoms. The normalized spacial score (nSPS) is 17.7. The minimum absolute atomic E-state index is 0.0289. The molecule has 1 heterocycles. The topological polar surface area (TPSA) is 75.7 Å². The third kappa shape index (κ3) is 4.40. The average molecular weight is 424 g/mol. The van der Waals surface area contributed by atoms with Gasteiger partial charge in [-0.1, -0.05) is 12.1 Å². The largest absolute Gasteiger partial charge is 0.495 e. The first-order valence-corrected chi connectivity index (χ1v) is 10.6. The van der Waals surface area contributed by atoms with Gasteiger partial charge in [-0.05, 0) is 49.6 Å². The smallest absolute Gasteiger partial charge is 0.246 e. The monoisotopic (exact) mass is 424 g/mol. The molecule has 3 rings (SSSR count). The fourth-order valence-corrected chi connectivity index (χ4v) is 5.11. The fourth-order valence-electron chi connectivity index (χ4n) is 3.34. The van der Waals surface area contributed by atoms with Crippen LogP contribution in [0.1, 0.15) is 18.4 Å². The van der Waals surface area contributed by atoms with Crippen molar-refractivity contribution in [1.29, 1.82) is 0 Å². The average Bonchev–Trinajstić information content (AvgIpc) is 2.70. The van der Waals surface area contributed by atoms with E-state index in [1.54, 1.807) is 19.1 Å². The quantitative estimate of drug-likeness (QED) is 0.799. The number of nitrogens with zero attached hydrogens (tertiary/aromatic N) is 1. The number of hydrogen-bond donors (Lipinski definition) is 1. The van der Waals surface area contributed by atoms with Crippen LogP contribution in [0.5, 0.6) is 5.75 Å². The van der Waals surface area contributed by atoms with Crippen molar-refractivity contribution in [3.8, 4) is 5.75 Å². The van der Waals surface area contributed by atoms with Gasteiger partial charge in [-0.3, -0.25) is 4.79 Å². The third-order valence-electron chi connectivity index (χ3n) is 4.90. The SMILES string of the molecule is COc1ccc(C)cc1S(=O)(=O)N1CCC[C@@H](C(=O)Nc2c(F)cccc2F)C1. The summed E-state index contributed by atoms with van der Waals surface area (Å²) in [5.74, 6) is -2.90. The number of para-hydroxylation sites is 1. The van der Waals surface area contributed by atoms with E-state index in [0.29, 0.717) is 12.8 Å². The second kappa shape index (κ2) is 8.46. The number of anilines is 1. The molecule has 0 radical (unpaired) electrons. The van der Waals surface area contributed by atoms with Crippen molar-refractivity contribution >= 4 is 21.6 Å². The summed E-state index contributed by atoms with van der Waals surface area (Å²) >= 11 is 0. The van der Waals surface area contributed by atoms with Crippen molar-refractivity contribution in [2.75, 3.05) is 25.5 Å². The fraction of sp³-hybridized carbons (Fsp3) is 0.350. The lowest BCUT2D eigenvalue weighted by molar-refractivity contribution is -0.120. The van der Waals surface area contributed by atoms with E-state index in [1.165, 1.54) is 23.5 Å². The van der Waals surface area contributed by atoms with Gasteiger partial charge in [0.2, 0.25) is 15.9 Å². The first kappa shape index (κ1) is 21.2. The van der Waals surface area contributed by atoms with Gasteiger partial charge in [0.25, 0.3) is 0 Å². The van der Waals surface area contributed by atoms with Crippen molar-refractivity contribution in [2.24, 2.45) is 5.92 Å². The van der Waals surface area contributed by atoms with E-state index >= 15 is 0 Å². The second-order valence-corrected chi connectivity index (χ2v) is 8.85. The minimum Gasteiger partial charge on any atom is -0.495 e. The third-order valence-corrected chi connectivity index (χ3v) is 6.79. The van der Waals surface area contributed by atoms with Crippen LogP contribution >= 0.6 is 0 Å². The van der Waals surface area contributed by atoms with Gasteiger partial charge in [-0.25, -0.2) is 17.2 Å². The molecule has 0 bridgehead atoms. The van der Waals surface area contributed by atoms with Gasteiger partial charge >= 0.3 is 0 Å². The molecule has 0 spiro atoms. The van der Waals surface area contributed by atoms with Crippen LogP contribution in [-0.4, -0.2) is 38.8 Å². The van der Waals surface area contributed by atoms with Crippen LogP contribution in [0.4, 0.5) is 14.5 Å². The van der Waals surface area contributed by atoms with Crippen LogP contribution in [0.3, 0.4) is 0 Å². The molecule has 0 unspecified atom stereocenters. The number of halogens is 2. The summed E-state index contributed by atoms with van der Waals surface area (Å²) in [5, 5.41) is 2.26. The molecular weight excluding hydrogens is 402 g/mol. The molecular formula is C20H22F2N2O4S. The van der Waals surface area contributed by atoms with Gasteiger partial charge in [0, 0.05) is 13.1 Å². The maximum absolute atomic E-state index is 13.8. The number of piperidine rings is 1. The van der Waals surface area contributed by atoms with E-state index in [4.69, 9.17) is 4.74 Å². The minimum atomic E-state index is -3.90. The van der Waals surface area contributed by atoms with Crippen molar-refractivity contribution in [3.05, 3.63) is 53.6 Å². The highest BCUT2D eigenvalue weighted by molar-refractivity contribution is 7.89. The lowest BCUT2D eigenvalue weighted by atomic mass is 9.98. The number of amides is 1. The molecule has 1 aliphatic heterocycles. The maximum atomic E-state index is 13.8. The molecule has 1 amide bonds. The van der Waals surface area contributed by atoms with Crippen molar-refractivity contribution in [3.63, 3.8) is 0 Å². The van der Waals surface area contributed by atoms with Gasteiger partial charge in [0.15, 0.2) is 0 Å². The van der Waals surface area contributed by atoms with Gasteiger partial charge in [-0.15, -0.1) is 0 Å². The van der Waals surface area contributed by atoms with Crippen molar-refractivity contribution in [1.82, 2.24) is 4.31 Å². The van der Waals surface area contributed by atoms with Crippen LogP contribution in [0.15, 0.2) is 41.3 Å². The summed E-state index contributed by atoms with van der Waals surface area (Å²) in [6, 6.07) is 8.13. The Bertz CT molecular complexity index is 1010. The molecule has 9 heteroatoms. The molecule has 0 aromatic heterocycles. The Hall–Kier alpha value is -2.52. The zero-order valence-electron chi connectivity index (χ0n) is 16.1. The molecule has 156 valence electrons. The van der Waals surface area contributed by atoms with Crippen LogP contribution < -0.4 is 10.1 Å². The number of carbonyl (C=O) groups is 1. The number of benzene rings is 2. The van der Waals surface area contributed by atoms with Gasteiger partial charge in [-0.2, -0.15) is 4.31 Å². The number of methoxy groups -OCH3 is 1. The van der Waals surface area contributed by atoms with Crippen LogP contribution in [0, 0.1) is 24.5 Å². The highest BCUT2D eigenvalue weighted by Crippen LogP contribution is 2.31. The Morgan fingerprint density at radius 2 is 1.90 bits per heavy atom. The number of carbonyl (C=O) groups excluding carboxylic acids is 1. The van der Waals surface area contributed by atoms with Crippen LogP contribution in [-0.2, 0) is 14.8 Å². The Morgan fingerprint density at radius 3 is 2.55 bits per heavy atom. The zero-order valence-corrected chi connectivity index (χ0v) is 16.9. The molecule has 6 nitrogen and oxygen atoms in total. The number of rotatable bonds is 5. The van der Waals surface area contributed by atoms with E-state index < -0.39 is 39.2 Å². The molecule has 1 atom stereocenters. The van der Waals surface area contributed by atoms with E-state index in [1.807, 2.05) is 0 Å². The molecule has 0 aliphatic carbocycles. The first-order valence-electron chi connectivity index (χ1n) is 9.13. The summed E-state index contributed by atoms with van der Waals surface area (Å²) in [6.07, 6.45) is 0.865. The second-order valence-electron chi connectivity index (χ2n) is 6.94. The van der Waals surface area contributed by atoms with E-state index in [2.05, 4.69) is 5.32 Å². The Kier molecular flexibility index (Phi) is 6.18. The standard InChI is InChI=1S/C20H22F2N2O4S/c1-13-8-9-17(28-2)18(11-13)29(26,27)24-10-4-5-14(12-24)20(25)23-19-15(21)6-3-7-16(19)22/h3,6-9,11,14H,4-5,10,12H2,1-2H3,(H,23,25)/t14-/m1/s1. The number of nitrogens with one attached hydrogen (secondary N) is 1. The summed E-state index contributed by atoms with van der Waals surface area (Å²) in [4.78, 5) is 12.6. The van der Waals surface area contributed by atoms with Gasteiger partial charge < -0.3 is 10.1 Å². The predicted octanol–water partition coefficient (Wildman–Crippen LogP) is 3.32. The highest BCUT2D eigenvalue weighted by Gasteiger charge is 2.35. The van der Waals surface area contributed by atoms with Crippen LogP contribution in [0.25, 0.3) is 0 Å². The Balaban J connectivity index is 1.82. The Labute approximate surface area is 168 Å². The number of sulfonamides is 1. The Morgan fingerprint density at radius 1 is 1.21 bits per heavy atom. The van der Waals surface area contributed by atoms with Gasteiger partial charge in [0.1, 0.15) is 28.0 Å². The van der Waals surface area contributed by atoms with Crippen molar-refractivity contribution < 1.29 is 26.7 Å². The van der Waals surface area contributed by atoms with Crippen LogP contribution in [0.2, 0.25) is 0 Å². The number of aryl methyl sites for hydroxylation is 1. The molecule has 2 aromatic rings. The number of ether oxygens (including phenoxy) is 1. The lowest BCUT2D eigenvalue weighted by Gasteiger charge is -2.31. The molecule has 0 saturated carbocycles. The lowest BCUT2D eigenvalue weighted by Crippen LogP contribution is -2.43. The van der Waals surface area contributed by atoms with Gasteiger partial charge in [0.05, 0.1) is 13.0 Å². The first-order chi connectivity index (χ1) is 13.7.